The van der Waals surface area contributed by atoms with Crippen LogP contribution in [0.1, 0.15) is 58.1 Å². The van der Waals surface area contributed by atoms with Crippen LogP contribution in [0.25, 0.3) is 0 Å². The zero-order valence-electron chi connectivity index (χ0n) is 10.6. The fraction of sp³-hybridized carbons (Fsp3) is 0.600. The summed E-state index contributed by atoms with van der Waals surface area (Å²) in [6.45, 7) is 11.5. The van der Waals surface area contributed by atoms with Gasteiger partial charge in [0.2, 0.25) is 0 Å². The van der Waals surface area contributed by atoms with E-state index in [1.54, 1.807) is 0 Å². The van der Waals surface area contributed by atoms with E-state index in [1.165, 1.54) is 17.5 Å². The summed E-state index contributed by atoms with van der Waals surface area (Å²) in [7, 11) is 0. The lowest BCUT2D eigenvalue weighted by Gasteiger charge is -2.19. The van der Waals surface area contributed by atoms with E-state index in [0.29, 0.717) is 5.41 Å². The van der Waals surface area contributed by atoms with Gasteiger partial charge in [0, 0.05) is 0 Å². The second kappa shape index (κ2) is 3.10. The fourth-order valence-corrected chi connectivity index (χ4v) is 2.25. The van der Waals surface area contributed by atoms with Crippen molar-refractivity contribution in [3.05, 3.63) is 35.4 Å². The molecule has 1 aromatic rings. The molecule has 0 aliphatic heterocycles. The largest absolute Gasteiger partial charge is 0.0593 e. The Bertz CT molecular complexity index is 349. The first-order valence-electron chi connectivity index (χ1n) is 5.91. The lowest BCUT2D eigenvalue weighted by atomic mass is 9.86. The molecule has 1 aliphatic carbocycles. The van der Waals surface area contributed by atoms with Crippen molar-refractivity contribution in [2.24, 2.45) is 5.41 Å². The maximum absolute atomic E-state index is 2.36. The summed E-state index contributed by atoms with van der Waals surface area (Å²) in [6.07, 6.45) is 1.35. The van der Waals surface area contributed by atoms with Gasteiger partial charge in [-0.1, -0.05) is 58.9 Å². The molecule has 0 bridgehead atoms. The molecule has 0 N–H and O–H groups in total. The quantitative estimate of drug-likeness (QED) is 0.629. The Balaban J connectivity index is 2.19. The maximum Gasteiger partial charge on any atom is -0.0105 e. The van der Waals surface area contributed by atoms with Gasteiger partial charge in [-0.05, 0) is 34.3 Å². The molecule has 82 valence electrons. The molecule has 1 unspecified atom stereocenters. The molecule has 0 saturated heterocycles. The van der Waals surface area contributed by atoms with Crippen molar-refractivity contribution >= 4 is 0 Å². The molecule has 1 saturated carbocycles. The highest BCUT2D eigenvalue weighted by Crippen LogP contribution is 2.58. The van der Waals surface area contributed by atoms with Crippen molar-refractivity contribution in [3.63, 3.8) is 0 Å². The molecule has 0 nitrogen and oxygen atoms in total. The number of rotatable bonds is 1. The van der Waals surface area contributed by atoms with Gasteiger partial charge in [-0.2, -0.15) is 0 Å². The van der Waals surface area contributed by atoms with Crippen LogP contribution in [-0.2, 0) is 5.41 Å². The Morgan fingerprint density at radius 1 is 1.07 bits per heavy atom. The molecule has 2 rings (SSSR count). The Kier molecular flexibility index (Phi) is 2.22. The Hall–Kier alpha value is -0.780. The number of benzene rings is 1. The van der Waals surface area contributed by atoms with E-state index in [4.69, 9.17) is 0 Å². The molecular formula is C15H22. The monoisotopic (exact) mass is 202 g/mol. The first-order valence-corrected chi connectivity index (χ1v) is 5.91. The molecule has 1 atom stereocenters. The van der Waals surface area contributed by atoms with Gasteiger partial charge in [0.1, 0.15) is 0 Å². The van der Waals surface area contributed by atoms with E-state index < -0.39 is 0 Å². The first kappa shape index (κ1) is 10.7. The topological polar surface area (TPSA) is 0 Å². The molecule has 0 heterocycles. The van der Waals surface area contributed by atoms with E-state index >= 15 is 0 Å². The van der Waals surface area contributed by atoms with Crippen molar-refractivity contribution in [1.82, 2.24) is 0 Å². The Morgan fingerprint density at radius 2 is 1.53 bits per heavy atom. The molecule has 1 fully saturated rings. The summed E-state index contributed by atoms with van der Waals surface area (Å²) in [4.78, 5) is 0. The molecule has 15 heavy (non-hydrogen) atoms. The normalized spacial score (nSPS) is 23.9. The van der Waals surface area contributed by atoms with Crippen LogP contribution in [0.15, 0.2) is 24.3 Å². The Morgan fingerprint density at radius 3 is 1.87 bits per heavy atom. The second-order valence-corrected chi connectivity index (χ2v) is 6.62. The van der Waals surface area contributed by atoms with Crippen LogP contribution in [0.3, 0.4) is 0 Å². The van der Waals surface area contributed by atoms with Crippen LogP contribution in [-0.4, -0.2) is 0 Å². The van der Waals surface area contributed by atoms with E-state index in [1.807, 2.05) is 0 Å². The zero-order valence-corrected chi connectivity index (χ0v) is 10.6. The minimum Gasteiger partial charge on any atom is -0.0593 e. The number of hydrogen-bond acceptors (Lipinski definition) is 0. The van der Waals surface area contributed by atoms with E-state index in [9.17, 15) is 0 Å². The molecule has 0 spiro atoms. The lowest BCUT2D eigenvalue weighted by molar-refractivity contribution is 0.589. The second-order valence-electron chi connectivity index (χ2n) is 6.62. The highest BCUT2D eigenvalue weighted by atomic mass is 14.5. The fourth-order valence-electron chi connectivity index (χ4n) is 2.25. The minimum absolute atomic E-state index is 0.275. The van der Waals surface area contributed by atoms with Crippen molar-refractivity contribution in [3.8, 4) is 0 Å². The van der Waals surface area contributed by atoms with Crippen molar-refractivity contribution in [2.45, 2.75) is 52.4 Å². The van der Waals surface area contributed by atoms with Gasteiger partial charge >= 0.3 is 0 Å². The van der Waals surface area contributed by atoms with Crippen molar-refractivity contribution < 1.29 is 0 Å². The third kappa shape index (κ3) is 2.09. The molecular weight excluding hydrogens is 180 g/mol. The SMILES string of the molecule is CC(C)(C)c1ccc(C2CC2(C)C)cc1. The summed E-state index contributed by atoms with van der Waals surface area (Å²) >= 11 is 0. The van der Waals surface area contributed by atoms with Crippen molar-refractivity contribution in [2.75, 3.05) is 0 Å². The summed E-state index contributed by atoms with van der Waals surface area (Å²) in [5, 5.41) is 0. The van der Waals surface area contributed by atoms with E-state index in [2.05, 4.69) is 58.9 Å². The van der Waals surface area contributed by atoms with E-state index in [0.717, 1.165) is 5.92 Å². The summed E-state index contributed by atoms with van der Waals surface area (Å²) in [5.74, 6) is 0.798. The molecule has 0 heteroatoms. The van der Waals surface area contributed by atoms with Gasteiger partial charge in [-0.3, -0.25) is 0 Å². The predicted octanol–water partition coefficient (Wildman–Crippen LogP) is 4.50. The van der Waals surface area contributed by atoms with Crippen LogP contribution in [0.2, 0.25) is 0 Å². The van der Waals surface area contributed by atoms with Gasteiger partial charge in [-0.25, -0.2) is 0 Å². The predicted molar refractivity (Wildman–Crippen MR) is 66.3 cm³/mol. The first-order chi connectivity index (χ1) is 6.81. The molecule has 0 amide bonds. The van der Waals surface area contributed by atoms with Crippen LogP contribution in [0.4, 0.5) is 0 Å². The maximum atomic E-state index is 2.36. The smallest absolute Gasteiger partial charge is 0.0105 e. The zero-order chi connectivity index (χ0) is 11.3. The van der Waals surface area contributed by atoms with Crippen LogP contribution < -0.4 is 0 Å². The Labute approximate surface area is 93.7 Å². The molecule has 1 aliphatic rings. The molecule has 0 aromatic heterocycles. The van der Waals surface area contributed by atoms with Crippen LogP contribution >= 0.6 is 0 Å². The minimum atomic E-state index is 0.275. The van der Waals surface area contributed by atoms with Gasteiger partial charge in [0.25, 0.3) is 0 Å². The average Bonchev–Trinajstić information content (AvgIpc) is 2.74. The third-order valence-corrected chi connectivity index (χ3v) is 3.69. The van der Waals surface area contributed by atoms with E-state index in [-0.39, 0.29) is 5.41 Å². The lowest BCUT2D eigenvalue weighted by Crippen LogP contribution is -2.10. The summed E-state index contributed by atoms with van der Waals surface area (Å²) in [5.41, 5.74) is 3.78. The summed E-state index contributed by atoms with van der Waals surface area (Å²) < 4.78 is 0. The standard InChI is InChI=1S/C15H22/c1-14(2,3)12-8-6-11(7-9-12)13-10-15(13,4)5/h6-9,13H,10H2,1-5H3. The van der Waals surface area contributed by atoms with Crippen LogP contribution in [0.5, 0.6) is 0 Å². The highest BCUT2D eigenvalue weighted by Gasteiger charge is 2.46. The van der Waals surface area contributed by atoms with Gasteiger partial charge in [0.05, 0.1) is 0 Å². The molecule has 0 radical (unpaired) electrons. The third-order valence-electron chi connectivity index (χ3n) is 3.69. The van der Waals surface area contributed by atoms with Gasteiger partial charge in [-0.15, -0.1) is 0 Å². The average molecular weight is 202 g/mol. The van der Waals surface area contributed by atoms with Crippen molar-refractivity contribution in [1.29, 1.82) is 0 Å². The summed E-state index contributed by atoms with van der Waals surface area (Å²) in [6, 6.07) is 9.23. The highest BCUT2D eigenvalue weighted by molar-refractivity contribution is 5.33. The van der Waals surface area contributed by atoms with Crippen LogP contribution in [0, 0.1) is 5.41 Å². The molecule has 1 aromatic carbocycles. The number of hydrogen-bond donors (Lipinski definition) is 0. The van der Waals surface area contributed by atoms with Gasteiger partial charge in [0.15, 0.2) is 0 Å². The van der Waals surface area contributed by atoms with Gasteiger partial charge < -0.3 is 0 Å².